The van der Waals surface area contributed by atoms with E-state index in [9.17, 15) is 0 Å². The molecule has 0 saturated heterocycles. The summed E-state index contributed by atoms with van der Waals surface area (Å²) in [4.78, 5) is 0. The second-order valence-electron chi connectivity index (χ2n) is 0.586. The molecule has 0 unspecified atom stereocenters. The van der Waals surface area contributed by atoms with Crippen LogP contribution in [-0.2, 0) is 0 Å². The highest BCUT2D eigenvalue weighted by molar-refractivity contribution is 14.1. The lowest BCUT2D eigenvalue weighted by Crippen LogP contribution is -1.77. The molecule has 30 valence electrons. The van der Waals surface area contributed by atoms with E-state index in [1.807, 2.05) is 9.93 Å². The smallest absolute Gasteiger partial charge is 0.0290 e. The molecule has 0 aliphatic rings. The Morgan fingerprint density at radius 3 is 2.20 bits per heavy atom. The minimum Gasteiger partial charge on any atom is -0.202 e. The quantitative estimate of drug-likeness (QED) is 0.353. The molecule has 5 heavy (non-hydrogen) atoms. The molecule has 0 radical (unpaired) electrons. The predicted octanol–water partition coefficient (Wildman–Crippen LogP) is 1.56. The zero-order valence-electron chi connectivity index (χ0n) is 2.98. The van der Waals surface area contributed by atoms with Crippen molar-refractivity contribution < 1.29 is 0 Å². The second-order valence-corrected chi connectivity index (χ2v) is 3.68. The zero-order chi connectivity index (χ0) is 4.28. The Balaban J connectivity index is 2.83. The van der Waals surface area contributed by atoms with Crippen molar-refractivity contribution in [2.24, 2.45) is 0 Å². The maximum Gasteiger partial charge on any atom is 0.0290 e. The molecule has 0 aliphatic carbocycles. The maximum atomic E-state index is 3.58. The Kier molecular flexibility index (Phi) is 3.59. The minimum absolute atomic E-state index is 1.07. The Morgan fingerprint density at radius 2 is 2.20 bits per heavy atom. The lowest BCUT2D eigenvalue weighted by molar-refractivity contribution is 1.01. The molecule has 0 N–H and O–H groups in total. The van der Waals surface area contributed by atoms with Crippen LogP contribution in [0.25, 0.3) is 0 Å². The van der Waals surface area contributed by atoms with Crippen LogP contribution in [0, 0.1) is 0 Å². The number of halogens is 1. The molecule has 0 rings (SSSR count). The van der Waals surface area contributed by atoms with Crippen molar-refractivity contribution >= 4 is 37.5 Å². The Hall–Kier alpha value is 0.860. The highest BCUT2D eigenvalue weighted by Crippen LogP contribution is 2.04. The van der Waals surface area contributed by atoms with Crippen molar-refractivity contribution in [3.63, 3.8) is 0 Å². The van der Waals surface area contributed by atoms with Crippen LogP contribution in [0.5, 0.6) is 0 Å². The second kappa shape index (κ2) is 3.07. The minimum atomic E-state index is 1.07. The Bertz CT molecular complexity index is 36.6. The molecule has 0 aromatic rings. The van der Waals surface area contributed by atoms with Gasteiger partial charge in [-0.15, -0.1) is 0 Å². The van der Waals surface area contributed by atoms with Gasteiger partial charge >= 0.3 is 0 Å². The van der Waals surface area contributed by atoms with Crippen molar-refractivity contribution in [1.29, 1.82) is 0 Å². The molecule has 0 amide bonds. The van der Waals surface area contributed by atoms with Gasteiger partial charge in [-0.2, -0.15) is 0 Å². The van der Waals surface area contributed by atoms with Gasteiger partial charge in [0.05, 0.1) is 0 Å². The van der Waals surface area contributed by atoms with Gasteiger partial charge < -0.3 is 0 Å². The summed E-state index contributed by atoms with van der Waals surface area (Å²) in [6.45, 7) is 0. The van der Waals surface area contributed by atoms with Gasteiger partial charge in [0.1, 0.15) is 0 Å². The molecule has 0 fully saturated rings. The first kappa shape index (κ1) is 5.86. The summed E-state index contributed by atoms with van der Waals surface area (Å²) in [5.41, 5.74) is 0. The first-order chi connectivity index (χ1) is 2.27. The van der Waals surface area contributed by atoms with Crippen LogP contribution in [0.1, 0.15) is 0 Å². The van der Waals surface area contributed by atoms with E-state index in [2.05, 4.69) is 29.2 Å². The maximum absolute atomic E-state index is 3.58. The van der Waals surface area contributed by atoms with Crippen LogP contribution in [-0.4, -0.2) is 16.2 Å². The monoisotopic (exact) mass is 201 g/mol. The lowest BCUT2D eigenvalue weighted by Gasteiger charge is -1.88. The molecule has 0 bridgehead atoms. The van der Waals surface area contributed by atoms with Gasteiger partial charge in [0.2, 0.25) is 0 Å². The van der Waals surface area contributed by atoms with Crippen LogP contribution in [0.3, 0.4) is 0 Å². The van der Waals surface area contributed by atoms with Crippen LogP contribution in [0.4, 0.5) is 0 Å². The third-order valence-electron chi connectivity index (χ3n) is 0.195. The molecule has 0 heterocycles. The SMILES string of the molecule is C=PN(C)I. The van der Waals surface area contributed by atoms with Gasteiger partial charge in [-0.3, -0.25) is 0 Å². The van der Waals surface area contributed by atoms with Gasteiger partial charge in [-0.1, -0.05) is 6.30 Å². The van der Waals surface area contributed by atoms with Crippen molar-refractivity contribution in [3.05, 3.63) is 0 Å². The van der Waals surface area contributed by atoms with Gasteiger partial charge in [0.15, 0.2) is 0 Å². The molecule has 0 aliphatic heterocycles. The Labute approximate surface area is 47.7 Å². The topological polar surface area (TPSA) is 3.24 Å². The summed E-state index contributed by atoms with van der Waals surface area (Å²) >= 11 is 2.16. The molecule has 0 atom stereocenters. The summed E-state index contributed by atoms with van der Waals surface area (Å²) in [6, 6.07) is 0. The highest BCUT2D eigenvalue weighted by atomic mass is 127. The molecular weight excluding hydrogens is 196 g/mol. The summed E-state index contributed by atoms with van der Waals surface area (Å²) in [5.74, 6) is 0. The van der Waals surface area contributed by atoms with E-state index in [-0.39, 0.29) is 0 Å². The van der Waals surface area contributed by atoms with E-state index in [4.69, 9.17) is 0 Å². The third kappa shape index (κ3) is 4.86. The number of hydrogen-bond acceptors (Lipinski definition) is 1. The fourth-order valence-electron chi connectivity index (χ4n) is 0. The molecule has 0 aromatic heterocycles. The number of rotatable bonds is 1. The predicted molar refractivity (Wildman–Crippen MR) is 35.8 cm³/mol. The fraction of sp³-hybridized carbons (Fsp3) is 0.500. The Morgan fingerprint density at radius 1 is 2.00 bits per heavy atom. The van der Waals surface area contributed by atoms with Gasteiger partial charge in [0, 0.05) is 29.9 Å². The van der Waals surface area contributed by atoms with E-state index < -0.39 is 0 Å². The van der Waals surface area contributed by atoms with Crippen LogP contribution >= 0.6 is 31.2 Å². The normalized spacial score (nSPS) is 10.2. The molecule has 0 spiro atoms. The molecule has 0 saturated carbocycles. The van der Waals surface area contributed by atoms with Crippen molar-refractivity contribution in [3.8, 4) is 0 Å². The first-order valence-electron chi connectivity index (χ1n) is 1.13. The lowest BCUT2D eigenvalue weighted by atomic mass is 11.6. The van der Waals surface area contributed by atoms with Gasteiger partial charge in [-0.25, -0.2) is 2.88 Å². The van der Waals surface area contributed by atoms with Crippen LogP contribution in [0.15, 0.2) is 0 Å². The molecule has 3 heteroatoms. The highest BCUT2D eigenvalue weighted by Gasteiger charge is 1.69. The van der Waals surface area contributed by atoms with Gasteiger partial charge in [-0.05, 0) is 8.35 Å². The summed E-state index contributed by atoms with van der Waals surface area (Å²) in [7, 11) is 3.03. The van der Waals surface area contributed by atoms with E-state index in [1.54, 1.807) is 0 Å². The third-order valence-corrected chi connectivity index (χ3v) is 1.50. The molecule has 0 aromatic carbocycles. The molecule has 1 nitrogen and oxygen atoms in total. The fourth-order valence-corrected chi connectivity index (χ4v) is 0. The summed E-state index contributed by atoms with van der Waals surface area (Å²) in [6.07, 6.45) is 3.58. The van der Waals surface area contributed by atoms with E-state index in [0.717, 1.165) is 8.35 Å². The van der Waals surface area contributed by atoms with Crippen LogP contribution < -0.4 is 0 Å². The largest absolute Gasteiger partial charge is 0.202 e. The average molecular weight is 201 g/mol. The average Bonchev–Trinajstić information content (AvgIpc) is 1.38. The van der Waals surface area contributed by atoms with E-state index in [0.29, 0.717) is 0 Å². The summed E-state index contributed by atoms with van der Waals surface area (Å²) < 4.78 is 1.96. The van der Waals surface area contributed by atoms with Crippen molar-refractivity contribution in [2.75, 3.05) is 7.05 Å². The number of hydrogen-bond donors (Lipinski definition) is 0. The van der Waals surface area contributed by atoms with Crippen LogP contribution in [0.2, 0.25) is 0 Å². The zero-order valence-corrected chi connectivity index (χ0v) is 6.03. The van der Waals surface area contributed by atoms with Crippen molar-refractivity contribution in [1.82, 2.24) is 2.88 Å². The summed E-state index contributed by atoms with van der Waals surface area (Å²) in [5, 5.41) is 0. The van der Waals surface area contributed by atoms with Crippen molar-refractivity contribution in [2.45, 2.75) is 0 Å². The number of nitrogens with zero attached hydrogens (tertiary/aromatic N) is 1. The molecular formula is C2H5INP. The standard InChI is InChI=1S/C2H5INP/c1-4(3)5-2/h2H2,1H3. The van der Waals surface area contributed by atoms with Gasteiger partial charge in [0.25, 0.3) is 0 Å². The van der Waals surface area contributed by atoms with E-state index >= 15 is 0 Å². The first-order valence-corrected chi connectivity index (χ1v) is 3.13. The van der Waals surface area contributed by atoms with E-state index in [1.165, 1.54) is 0 Å².